The first-order chi connectivity index (χ1) is 14.8. The summed E-state index contributed by atoms with van der Waals surface area (Å²) in [4.78, 5) is 31.9. The van der Waals surface area contributed by atoms with Crippen molar-refractivity contribution < 1.29 is 18.5 Å². The van der Waals surface area contributed by atoms with E-state index in [1.54, 1.807) is 0 Å². The first-order valence-electron chi connectivity index (χ1n) is 9.77. The van der Waals surface area contributed by atoms with Crippen LogP contribution in [0.15, 0.2) is 40.2 Å². The van der Waals surface area contributed by atoms with Gasteiger partial charge < -0.3 is 14.7 Å². The van der Waals surface area contributed by atoms with E-state index in [2.05, 4.69) is 15.5 Å². The number of carbonyl (C=O) groups excluding carboxylic acids is 2. The maximum atomic E-state index is 13.3. The van der Waals surface area contributed by atoms with Crippen molar-refractivity contribution in [3.63, 3.8) is 0 Å². The van der Waals surface area contributed by atoms with Gasteiger partial charge in [-0.3, -0.25) is 9.59 Å². The van der Waals surface area contributed by atoms with Gasteiger partial charge in [0.25, 0.3) is 17.6 Å². The van der Waals surface area contributed by atoms with Gasteiger partial charge in [-0.05, 0) is 48.1 Å². The SMILES string of the molecule is CC(C)C[C@H]1C(=O)N[C@@H](c2ccsc2Cl)CN1C(=O)c1noc(-c2ccc(F)cc2)n1. The average molecular weight is 463 g/mol. The van der Waals surface area contributed by atoms with E-state index < -0.39 is 23.8 Å². The van der Waals surface area contributed by atoms with Crippen molar-refractivity contribution in [2.45, 2.75) is 32.4 Å². The second-order valence-electron chi connectivity index (χ2n) is 7.74. The van der Waals surface area contributed by atoms with Crippen molar-refractivity contribution in [1.29, 1.82) is 0 Å². The summed E-state index contributed by atoms with van der Waals surface area (Å²) in [5.74, 6) is -1.02. The molecule has 0 saturated carbocycles. The smallest absolute Gasteiger partial charge is 0.296 e. The normalized spacial score (nSPS) is 19.0. The molecule has 10 heteroatoms. The summed E-state index contributed by atoms with van der Waals surface area (Å²) in [7, 11) is 0. The van der Waals surface area contributed by atoms with Crippen molar-refractivity contribution in [1.82, 2.24) is 20.4 Å². The van der Waals surface area contributed by atoms with Crippen LogP contribution in [-0.2, 0) is 4.79 Å². The standard InChI is InChI=1S/C21H20ClFN4O3S/c1-11(2)9-16-19(28)24-15(14-7-8-31-17(14)22)10-27(16)21(29)18-25-20(30-26-18)12-3-5-13(23)6-4-12/h3-8,11,15-16H,9-10H2,1-2H3,(H,24,28)/t15-,16+/m1/s1. The lowest BCUT2D eigenvalue weighted by molar-refractivity contribution is -0.130. The molecule has 1 aliphatic heterocycles. The summed E-state index contributed by atoms with van der Waals surface area (Å²) >= 11 is 7.63. The molecule has 162 valence electrons. The van der Waals surface area contributed by atoms with E-state index in [1.807, 2.05) is 25.3 Å². The van der Waals surface area contributed by atoms with Crippen LogP contribution in [-0.4, -0.2) is 39.4 Å². The van der Waals surface area contributed by atoms with E-state index >= 15 is 0 Å². The molecule has 3 aromatic rings. The lowest BCUT2D eigenvalue weighted by Crippen LogP contribution is -2.58. The summed E-state index contributed by atoms with van der Waals surface area (Å²) in [6.07, 6.45) is 0.490. The average Bonchev–Trinajstić information content (AvgIpc) is 3.38. The molecule has 7 nitrogen and oxygen atoms in total. The van der Waals surface area contributed by atoms with Crippen molar-refractivity contribution in [3.8, 4) is 11.5 Å². The first kappa shape index (κ1) is 21.5. The monoisotopic (exact) mass is 462 g/mol. The lowest BCUT2D eigenvalue weighted by Gasteiger charge is -2.39. The van der Waals surface area contributed by atoms with E-state index in [4.69, 9.17) is 16.1 Å². The molecule has 2 atom stereocenters. The number of nitrogens with one attached hydrogen (secondary N) is 1. The molecule has 3 heterocycles. The van der Waals surface area contributed by atoms with Gasteiger partial charge in [0.2, 0.25) is 5.91 Å². The number of rotatable bonds is 5. The van der Waals surface area contributed by atoms with Crippen molar-refractivity contribution in [2.24, 2.45) is 5.92 Å². The first-order valence-corrected chi connectivity index (χ1v) is 11.0. The Bertz CT molecular complexity index is 1100. The summed E-state index contributed by atoms with van der Waals surface area (Å²) < 4.78 is 19.0. The molecule has 31 heavy (non-hydrogen) atoms. The minimum Gasteiger partial charge on any atom is -0.346 e. The van der Waals surface area contributed by atoms with Crippen molar-refractivity contribution in [3.05, 3.63) is 57.3 Å². The fraction of sp³-hybridized carbons (Fsp3) is 0.333. The lowest BCUT2D eigenvalue weighted by atomic mass is 9.96. The number of piperazine rings is 1. The predicted octanol–water partition coefficient (Wildman–Crippen LogP) is 4.32. The van der Waals surface area contributed by atoms with Gasteiger partial charge in [-0.25, -0.2) is 4.39 Å². The Hall–Kier alpha value is -2.78. The van der Waals surface area contributed by atoms with Crippen LogP contribution in [0.3, 0.4) is 0 Å². The Balaban J connectivity index is 1.63. The molecule has 0 bridgehead atoms. The minimum atomic E-state index is -0.658. The second-order valence-corrected chi connectivity index (χ2v) is 9.26. The van der Waals surface area contributed by atoms with Gasteiger partial charge in [-0.2, -0.15) is 4.98 Å². The van der Waals surface area contributed by atoms with Gasteiger partial charge >= 0.3 is 0 Å². The minimum absolute atomic E-state index is 0.0997. The number of thiophene rings is 1. The highest BCUT2D eigenvalue weighted by Crippen LogP contribution is 2.32. The molecular weight excluding hydrogens is 443 g/mol. The summed E-state index contributed by atoms with van der Waals surface area (Å²) in [6.45, 7) is 4.20. The van der Waals surface area contributed by atoms with Crippen LogP contribution >= 0.6 is 22.9 Å². The van der Waals surface area contributed by atoms with Crippen LogP contribution in [0.2, 0.25) is 4.34 Å². The Morgan fingerprint density at radius 3 is 2.74 bits per heavy atom. The fourth-order valence-corrected chi connectivity index (χ4v) is 4.59. The Morgan fingerprint density at radius 2 is 2.10 bits per heavy atom. The van der Waals surface area contributed by atoms with Crippen LogP contribution in [0.1, 0.15) is 42.5 Å². The molecular formula is C21H20ClFN4O3S. The summed E-state index contributed by atoms with van der Waals surface area (Å²) in [6, 6.07) is 6.26. The van der Waals surface area contributed by atoms with E-state index in [1.165, 1.54) is 40.5 Å². The number of hydrogen-bond donors (Lipinski definition) is 1. The third kappa shape index (κ3) is 4.47. The van der Waals surface area contributed by atoms with Crippen LogP contribution < -0.4 is 5.32 Å². The van der Waals surface area contributed by atoms with Gasteiger partial charge in [0.1, 0.15) is 11.9 Å². The van der Waals surface area contributed by atoms with Crippen LogP contribution in [0.25, 0.3) is 11.5 Å². The quantitative estimate of drug-likeness (QED) is 0.610. The fourth-order valence-electron chi connectivity index (χ4n) is 3.56. The molecule has 0 aliphatic carbocycles. The largest absolute Gasteiger partial charge is 0.346 e. The highest BCUT2D eigenvalue weighted by molar-refractivity contribution is 7.14. The summed E-state index contributed by atoms with van der Waals surface area (Å²) in [5, 5.41) is 8.62. The van der Waals surface area contributed by atoms with Gasteiger partial charge in [-0.15, -0.1) is 11.3 Å². The molecule has 0 radical (unpaired) electrons. The number of benzene rings is 1. The molecule has 1 N–H and O–H groups in total. The maximum Gasteiger partial charge on any atom is 0.296 e. The molecule has 2 aromatic heterocycles. The van der Waals surface area contributed by atoms with Gasteiger partial charge in [0.15, 0.2) is 0 Å². The van der Waals surface area contributed by atoms with Gasteiger partial charge in [-0.1, -0.05) is 30.6 Å². The molecule has 0 spiro atoms. The van der Waals surface area contributed by atoms with E-state index in [9.17, 15) is 14.0 Å². The van der Waals surface area contributed by atoms with Gasteiger partial charge in [0, 0.05) is 17.7 Å². The van der Waals surface area contributed by atoms with E-state index in [0.717, 1.165) is 5.56 Å². The Labute approximate surface area is 187 Å². The van der Waals surface area contributed by atoms with Gasteiger partial charge in [0.05, 0.1) is 10.4 Å². The Morgan fingerprint density at radius 1 is 1.35 bits per heavy atom. The predicted molar refractivity (Wildman–Crippen MR) is 114 cm³/mol. The van der Waals surface area contributed by atoms with Crippen LogP contribution in [0.5, 0.6) is 0 Å². The molecule has 1 aliphatic rings. The molecule has 1 fully saturated rings. The zero-order valence-corrected chi connectivity index (χ0v) is 18.4. The molecule has 1 aromatic carbocycles. The molecule has 2 amide bonds. The van der Waals surface area contributed by atoms with E-state index in [0.29, 0.717) is 16.3 Å². The highest BCUT2D eigenvalue weighted by atomic mass is 35.5. The Kier molecular flexibility index (Phi) is 6.06. The third-order valence-corrected chi connectivity index (χ3v) is 6.26. The molecule has 1 saturated heterocycles. The number of aromatic nitrogens is 2. The zero-order chi connectivity index (χ0) is 22.1. The van der Waals surface area contributed by atoms with E-state index in [-0.39, 0.29) is 30.1 Å². The number of nitrogens with zero attached hydrogens (tertiary/aromatic N) is 3. The van der Waals surface area contributed by atoms with Crippen molar-refractivity contribution in [2.75, 3.05) is 6.54 Å². The zero-order valence-electron chi connectivity index (χ0n) is 16.8. The van der Waals surface area contributed by atoms with Crippen LogP contribution in [0, 0.1) is 11.7 Å². The van der Waals surface area contributed by atoms with Crippen molar-refractivity contribution >= 4 is 34.8 Å². The summed E-state index contributed by atoms with van der Waals surface area (Å²) in [5.41, 5.74) is 1.26. The maximum absolute atomic E-state index is 13.3. The number of hydrogen-bond acceptors (Lipinski definition) is 6. The number of halogens is 2. The third-order valence-electron chi connectivity index (χ3n) is 5.06. The molecule has 0 unspecified atom stereocenters. The second kappa shape index (κ2) is 8.76. The molecule has 4 rings (SSSR count). The number of carbonyl (C=O) groups is 2. The number of amides is 2. The van der Waals surface area contributed by atoms with Crippen LogP contribution in [0.4, 0.5) is 4.39 Å². The highest BCUT2D eigenvalue weighted by Gasteiger charge is 2.40. The topological polar surface area (TPSA) is 88.3 Å².